The Morgan fingerprint density at radius 3 is 2.65 bits per heavy atom. The zero-order valence-electron chi connectivity index (χ0n) is 11.9. The SMILES string of the molecule is COc1ccc([C@H]2C[C@@](C)(OC)ON=C2CC#N)cc1. The highest BCUT2D eigenvalue weighted by Crippen LogP contribution is 2.36. The number of hydrogen-bond acceptors (Lipinski definition) is 5. The first-order valence-electron chi connectivity index (χ1n) is 6.43. The molecule has 2 rings (SSSR count). The van der Waals surface area contributed by atoms with Crippen LogP contribution in [0.4, 0.5) is 0 Å². The molecule has 0 N–H and O–H groups in total. The molecule has 0 aromatic heterocycles. The van der Waals surface area contributed by atoms with E-state index in [1.807, 2.05) is 31.2 Å². The van der Waals surface area contributed by atoms with Crippen LogP contribution in [0.3, 0.4) is 0 Å². The van der Waals surface area contributed by atoms with Crippen molar-refractivity contribution < 1.29 is 14.3 Å². The van der Waals surface area contributed by atoms with Gasteiger partial charge in [0, 0.05) is 26.4 Å². The summed E-state index contributed by atoms with van der Waals surface area (Å²) in [5.41, 5.74) is 1.80. The molecule has 20 heavy (non-hydrogen) atoms. The van der Waals surface area contributed by atoms with Gasteiger partial charge in [-0.25, -0.2) is 0 Å². The number of rotatable bonds is 4. The molecule has 0 unspecified atom stereocenters. The lowest BCUT2D eigenvalue weighted by Gasteiger charge is -2.34. The zero-order valence-corrected chi connectivity index (χ0v) is 11.9. The topological polar surface area (TPSA) is 63.8 Å². The fourth-order valence-electron chi connectivity index (χ4n) is 2.25. The minimum absolute atomic E-state index is 0.0132. The van der Waals surface area contributed by atoms with Gasteiger partial charge in [0.1, 0.15) is 5.75 Å². The summed E-state index contributed by atoms with van der Waals surface area (Å²) >= 11 is 0. The van der Waals surface area contributed by atoms with Crippen LogP contribution in [0, 0.1) is 11.3 Å². The maximum absolute atomic E-state index is 8.92. The first-order chi connectivity index (χ1) is 9.61. The van der Waals surface area contributed by atoms with Gasteiger partial charge < -0.3 is 14.3 Å². The minimum atomic E-state index is -0.760. The number of methoxy groups -OCH3 is 2. The Hall–Kier alpha value is -2.06. The average Bonchev–Trinajstić information content (AvgIpc) is 2.49. The van der Waals surface area contributed by atoms with Crippen molar-refractivity contribution in [2.45, 2.75) is 31.5 Å². The van der Waals surface area contributed by atoms with Crippen molar-refractivity contribution in [3.8, 4) is 11.8 Å². The lowest BCUT2D eigenvalue weighted by molar-refractivity contribution is -0.221. The van der Waals surface area contributed by atoms with Gasteiger partial charge in [0.05, 0.1) is 25.3 Å². The van der Waals surface area contributed by atoms with Gasteiger partial charge in [-0.05, 0) is 17.7 Å². The van der Waals surface area contributed by atoms with Crippen molar-refractivity contribution in [1.29, 1.82) is 5.26 Å². The van der Waals surface area contributed by atoms with Crippen LogP contribution < -0.4 is 4.74 Å². The molecule has 5 nitrogen and oxygen atoms in total. The number of nitriles is 1. The maximum Gasteiger partial charge on any atom is 0.234 e. The molecule has 2 atom stereocenters. The lowest BCUT2D eigenvalue weighted by atomic mass is 9.86. The largest absolute Gasteiger partial charge is 0.497 e. The van der Waals surface area contributed by atoms with E-state index < -0.39 is 5.79 Å². The summed E-state index contributed by atoms with van der Waals surface area (Å²) in [7, 11) is 3.23. The third-order valence-corrected chi connectivity index (χ3v) is 3.54. The second-order valence-electron chi connectivity index (χ2n) is 4.88. The van der Waals surface area contributed by atoms with E-state index >= 15 is 0 Å². The highest BCUT2D eigenvalue weighted by Gasteiger charge is 2.37. The van der Waals surface area contributed by atoms with Gasteiger partial charge in [-0.2, -0.15) is 5.26 Å². The summed E-state index contributed by atoms with van der Waals surface area (Å²) in [5, 5.41) is 13.0. The van der Waals surface area contributed by atoms with E-state index in [1.54, 1.807) is 14.2 Å². The third-order valence-electron chi connectivity index (χ3n) is 3.54. The first kappa shape index (κ1) is 14.4. The highest BCUT2D eigenvalue weighted by atomic mass is 16.8. The predicted molar refractivity (Wildman–Crippen MR) is 74.5 cm³/mol. The van der Waals surface area contributed by atoms with Crippen molar-refractivity contribution in [1.82, 2.24) is 0 Å². The number of oxime groups is 1. The minimum Gasteiger partial charge on any atom is -0.497 e. The monoisotopic (exact) mass is 274 g/mol. The summed E-state index contributed by atoms with van der Waals surface area (Å²) in [6.07, 6.45) is 0.868. The van der Waals surface area contributed by atoms with E-state index in [0.29, 0.717) is 6.42 Å². The fraction of sp³-hybridized carbons (Fsp3) is 0.467. The zero-order chi connectivity index (χ0) is 14.6. The van der Waals surface area contributed by atoms with Crippen LogP contribution >= 0.6 is 0 Å². The van der Waals surface area contributed by atoms with Gasteiger partial charge in [0.25, 0.3) is 0 Å². The van der Waals surface area contributed by atoms with E-state index in [-0.39, 0.29) is 12.3 Å². The molecule has 1 heterocycles. The second-order valence-corrected chi connectivity index (χ2v) is 4.88. The van der Waals surface area contributed by atoms with Crippen molar-refractivity contribution in [3.05, 3.63) is 29.8 Å². The number of benzene rings is 1. The van der Waals surface area contributed by atoms with Crippen LogP contribution in [0.25, 0.3) is 0 Å². The molecule has 1 aromatic carbocycles. The lowest BCUT2D eigenvalue weighted by Crippen LogP contribution is -2.37. The van der Waals surface area contributed by atoms with Gasteiger partial charge in [0.2, 0.25) is 5.79 Å². The molecular formula is C15H18N2O3. The Kier molecular flexibility index (Phi) is 4.26. The molecule has 1 aromatic rings. The highest BCUT2D eigenvalue weighted by molar-refractivity contribution is 5.92. The Balaban J connectivity index is 2.31. The molecule has 1 aliphatic heterocycles. The molecule has 0 bridgehead atoms. The summed E-state index contributed by atoms with van der Waals surface area (Å²) in [6.45, 7) is 1.84. The van der Waals surface area contributed by atoms with Crippen molar-refractivity contribution in [2.24, 2.45) is 5.16 Å². The van der Waals surface area contributed by atoms with Crippen LogP contribution in [0.2, 0.25) is 0 Å². The Bertz CT molecular complexity index is 533. The second kappa shape index (κ2) is 5.93. The molecule has 1 aliphatic rings. The number of ether oxygens (including phenoxy) is 2. The van der Waals surface area contributed by atoms with Gasteiger partial charge in [-0.1, -0.05) is 17.3 Å². The van der Waals surface area contributed by atoms with Gasteiger partial charge in [0.15, 0.2) is 0 Å². The Morgan fingerprint density at radius 2 is 2.10 bits per heavy atom. The average molecular weight is 274 g/mol. The summed E-state index contributed by atoms with van der Waals surface area (Å²) < 4.78 is 10.5. The molecule has 0 spiro atoms. The molecule has 0 aliphatic carbocycles. The standard InChI is InChI=1S/C15H18N2O3/c1-15(19-3)10-13(14(8-9-16)17-20-15)11-4-6-12(18-2)7-5-11/h4-7,13H,8,10H2,1-3H3/t13-,15+/m1/s1. The number of hydrogen-bond donors (Lipinski definition) is 0. The fourth-order valence-corrected chi connectivity index (χ4v) is 2.25. The van der Waals surface area contributed by atoms with Crippen LogP contribution in [-0.4, -0.2) is 25.7 Å². The van der Waals surface area contributed by atoms with E-state index in [1.165, 1.54) is 0 Å². The van der Waals surface area contributed by atoms with Crippen molar-refractivity contribution in [3.63, 3.8) is 0 Å². The van der Waals surface area contributed by atoms with Crippen LogP contribution in [0.15, 0.2) is 29.4 Å². The summed E-state index contributed by atoms with van der Waals surface area (Å²) in [6, 6.07) is 9.90. The molecule has 0 radical (unpaired) electrons. The smallest absolute Gasteiger partial charge is 0.234 e. The molecule has 106 valence electrons. The van der Waals surface area contributed by atoms with E-state index in [2.05, 4.69) is 11.2 Å². The normalized spacial score (nSPS) is 25.3. The first-order valence-corrected chi connectivity index (χ1v) is 6.43. The molecule has 0 saturated heterocycles. The Morgan fingerprint density at radius 1 is 1.40 bits per heavy atom. The van der Waals surface area contributed by atoms with Gasteiger partial charge in [-0.3, -0.25) is 0 Å². The summed E-state index contributed by atoms with van der Waals surface area (Å²) in [4.78, 5) is 5.37. The van der Waals surface area contributed by atoms with Crippen molar-refractivity contribution in [2.75, 3.05) is 14.2 Å². The van der Waals surface area contributed by atoms with Crippen LogP contribution in [0.1, 0.15) is 31.2 Å². The molecule has 0 fully saturated rings. The van der Waals surface area contributed by atoms with Crippen LogP contribution in [-0.2, 0) is 9.57 Å². The maximum atomic E-state index is 8.92. The third kappa shape index (κ3) is 2.91. The Labute approximate surface area is 118 Å². The number of nitrogens with zero attached hydrogens (tertiary/aromatic N) is 2. The quantitative estimate of drug-likeness (QED) is 0.847. The van der Waals surface area contributed by atoms with Gasteiger partial charge >= 0.3 is 0 Å². The van der Waals surface area contributed by atoms with E-state index in [9.17, 15) is 0 Å². The van der Waals surface area contributed by atoms with Gasteiger partial charge in [-0.15, -0.1) is 0 Å². The van der Waals surface area contributed by atoms with E-state index in [0.717, 1.165) is 17.0 Å². The molecule has 0 saturated carbocycles. The molecule has 5 heteroatoms. The predicted octanol–water partition coefficient (Wildman–Crippen LogP) is 2.83. The molecular weight excluding hydrogens is 256 g/mol. The molecule has 0 amide bonds. The van der Waals surface area contributed by atoms with Crippen molar-refractivity contribution >= 4 is 5.71 Å². The van der Waals surface area contributed by atoms with Crippen LogP contribution in [0.5, 0.6) is 5.75 Å². The van der Waals surface area contributed by atoms with E-state index in [4.69, 9.17) is 19.6 Å². The summed E-state index contributed by atoms with van der Waals surface area (Å²) in [5.74, 6) is 0.0529.